The summed E-state index contributed by atoms with van der Waals surface area (Å²) in [7, 11) is 0. The first kappa shape index (κ1) is 13.3. The lowest BCUT2D eigenvalue weighted by molar-refractivity contribution is -0.117. The molecule has 1 amide bonds. The van der Waals surface area contributed by atoms with E-state index in [2.05, 4.69) is 19.9 Å². The summed E-state index contributed by atoms with van der Waals surface area (Å²) >= 11 is 0. The van der Waals surface area contributed by atoms with Crippen molar-refractivity contribution in [1.82, 2.24) is 19.9 Å². The van der Waals surface area contributed by atoms with Crippen molar-refractivity contribution in [1.29, 1.82) is 0 Å². The summed E-state index contributed by atoms with van der Waals surface area (Å²) in [6.45, 7) is 1.94. The van der Waals surface area contributed by atoms with Crippen molar-refractivity contribution in [3.8, 4) is 11.5 Å². The molecular formula is C16H17N5O. The number of aromatic nitrogens is 4. The Labute approximate surface area is 128 Å². The zero-order chi connectivity index (χ0) is 15.1. The fourth-order valence-corrected chi connectivity index (χ4v) is 3.41. The third kappa shape index (κ3) is 2.06. The van der Waals surface area contributed by atoms with Crippen molar-refractivity contribution in [2.45, 2.75) is 45.1 Å². The molecule has 1 fully saturated rings. The predicted octanol–water partition coefficient (Wildman–Crippen LogP) is 2.07. The fourth-order valence-electron chi connectivity index (χ4n) is 3.41. The summed E-state index contributed by atoms with van der Waals surface area (Å²) in [5.41, 5.74) is 2.46. The molecule has 0 spiro atoms. The van der Waals surface area contributed by atoms with Crippen molar-refractivity contribution >= 4 is 11.7 Å². The van der Waals surface area contributed by atoms with Crippen LogP contribution in [0.15, 0.2) is 18.6 Å². The van der Waals surface area contributed by atoms with Gasteiger partial charge in [-0.3, -0.25) is 14.7 Å². The number of anilines is 1. The van der Waals surface area contributed by atoms with Crippen LogP contribution in [0.2, 0.25) is 0 Å². The van der Waals surface area contributed by atoms with E-state index in [9.17, 15) is 4.79 Å². The quantitative estimate of drug-likeness (QED) is 0.848. The van der Waals surface area contributed by atoms with Crippen LogP contribution < -0.4 is 4.90 Å². The van der Waals surface area contributed by atoms with Crippen LogP contribution in [0.4, 0.5) is 5.82 Å². The Bertz CT molecular complexity index is 725. The van der Waals surface area contributed by atoms with Crippen molar-refractivity contribution in [3.63, 3.8) is 0 Å². The molecule has 2 aromatic rings. The highest BCUT2D eigenvalue weighted by molar-refractivity contribution is 6.01. The highest BCUT2D eigenvalue weighted by Crippen LogP contribution is 2.36. The molecule has 0 radical (unpaired) electrons. The normalized spacial score (nSPS) is 18.0. The molecule has 112 valence electrons. The molecule has 0 N–H and O–H groups in total. The topological polar surface area (TPSA) is 71.9 Å². The van der Waals surface area contributed by atoms with Crippen LogP contribution in [0.1, 0.15) is 36.9 Å². The van der Waals surface area contributed by atoms with Crippen LogP contribution in [0.3, 0.4) is 0 Å². The average Bonchev–Trinajstić information content (AvgIpc) is 3.15. The zero-order valence-electron chi connectivity index (χ0n) is 12.5. The van der Waals surface area contributed by atoms with E-state index in [1.807, 2.05) is 11.8 Å². The van der Waals surface area contributed by atoms with Crippen LogP contribution >= 0.6 is 0 Å². The molecule has 2 aromatic heterocycles. The SMILES string of the molecule is Cc1nc(-c2cnccn2)nc2c1CC(=O)N2C1CCCC1. The number of rotatable bonds is 2. The molecule has 3 heterocycles. The molecule has 4 rings (SSSR count). The van der Waals surface area contributed by atoms with Gasteiger partial charge in [0.25, 0.3) is 0 Å². The Kier molecular flexibility index (Phi) is 3.10. The van der Waals surface area contributed by atoms with E-state index in [-0.39, 0.29) is 11.9 Å². The third-order valence-electron chi connectivity index (χ3n) is 4.50. The summed E-state index contributed by atoms with van der Waals surface area (Å²) in [6.07, 6.45) is 9.81. The second-order valence-electron chi connectivity index (χ2n) is 5.90. The molecule has 0 unspecified atom stereocenters. The molecule has 0 aromatic carbocycles. The van der Waals surface area contributed by atoms with Crippen molar-refractivity contribution in [3.05, 3.63) is 29.8 Å². The lowest BCUT2D eigenvalue weighted by Crippen LogP contribution is -2.36. The monoisotopic (exact) mass is 295 g/mol. The minimum absolute atomic E-state index is 0.149. The number of aryl methyl sites for hydroxylation is 1. The largest absolute Gasteiger partial charge is 0.293 e. The highest BCUT2D eigenvalue weighted by Gasteiger charge is 2.37. The molecule has 1 aliphatic heterocycles. The summed E-state index contributed by atoms with van der Waals surface area (Å²) < 4.78 is 0. The fraction of sp³-hybridized carbons (Fsp3) is 0.438. The van der Waals surface area contributed by atoms with E-state index in [1.54, 1.807) is 18.6 Å². The van der Waals surface area contributed by atoms with Gasteiger partial charge in [0.1, 0.15) is 11.5 Å². The van der Waals surface area contributed by atoms with Crippen molar-refractivity contribution in [2.75, 3.05) is 4.90 Å². The second-order valence-corrected chi connectivity index (χ2v) is 5.90. The lowest BCUT2D eigenvalue weighted by Gasteiger charge is -2.24. The number of carbonyl (C=O) groups is 1. The molecule has 6 nitrogen and oxygen atoms in total. The van der Waals surface area contributed by atoms with Gasteiger partial charge >= 0.3 is 0 Å². The Morgan fingerprint density at radius 3 is 2.73 bits per heavy atom. The van der Waals surface area contributed by atoms with Crippen LogP contribution in [0.25, 0.3) is 11.5 Å². The Hall–Kier alpha value is -2.37. The van der Waals surface area contributed by atoms with Gasteiger partial charge in [-0.25, -0.2) is 15.0 Å². The van der Waals surface area contributed by atoms with Gasteiger partial charge < -0.3 is 0 Å². The smallest absolute Gasteiger partial charge is 0.233 e. The number of hydrogen-bond donors (Lipinski definition) is 0. The van der Waals surface area contributed by atoms with Gasteiger partial charge in [-0.2, -0.15) is 0 Å². The summed E-state index contributed by atoms with van der Waals surface area (Å²) in [5.74, 6) is 1.47. The summed E-state index contributed by atoms with van der Waals surface area (Å²) in [5, 5.41) is 0. The first-order valence-corrected chi connectivity index (χ1v) is 7.70. The Morgan fingerprint density at radius 1 is 1.18 bits per heavy atom. The van der Waals surface area contributed by atoms with Crippen LogP contribution in [-0.4, -0.2) is 31.9 Å². The highest BCUT2D eigenvalue weighted by atomic mass is 16.2. The van der Waals surface area contributed by atoms with E-state index >= 15 is 0 Å². The minimum Gasteiger partial charge on any atom is -0.293 e. The van der Waals surface area contributed by atoms with Crippen LogP contribution in [0, 0.1) is 6.92 Å². The van der Waals surface area contributed by atoms with E-state index in [1.165, 1.54) is 12.8 Å². The van der Waals surface area contributed by atoms with Crippen LogP contribution in [-0.2, 0) is 11.2 Å². The Morgan fingerprint density at radius 2 is 2.00 bits per heavy atom. The zero-order valence-corrected chi connectivity index (χ0v) is 12.5. The molecule has 0 bridgehead atoms. The van der Waals surface area contributed by atoms with Gasteiger partial charge in [-0.15, -0.1) is 0 Å². The van der Waals surface area contributed by atoms with E-state index in [4.69, 9.17) is 0 Å². The number of amides is 1. The van der Waals surface area contributed by atoms with E-state index in [0.717, 1.165) is 29.9 Å². The van der Waals surface area contributed by atoms with Gasteiger partial charge in [-0.05, 0) is 19.8 Å². The van der Waals surface area contributed by atoms with Gasteiger partial charge in [-0.1, -0.05) is 12.8 Å². The molecule has 22 heavy (non-hydrogen) atoms. The van der Waals surface area contributed by atoms with Crippen LogP contribution in [0.5, 0.6) is 0 Å². The maximum Gasteiger partial charge on any atom is 0.233 e. The number of nitrogens with zero attached hydrogens (tertiary/aromatic N) is 5. The first-order valence-electron chi connectivity index (χ1n) is 7.70. The number of carbonyl (C=O) groups excluding carboxylic acids is 1. The molecule has 1 saturated carbocycles. The number of hydrogen-bond acceptors (Lipinski definition) is 5. The molecule has 1 aliphatic carbocycles. The van der Waals surface area contributed by atoms with Crippen molar-refractivity contribution in [2.24, 2.45) is 0 Å². The molecule has 0 saturated heterocycles. The molecule has 6 heteroatoms. The third-order valence-corrected chi connectivity index (χ3v) is 4.50. The summed E-state index contributed by atoms with van der Waals surface area (Å²) in [4.78, 5) is 31.9. The van der Waals surface area contributed by atoms with Gasteiger partial charge in [0.05, 0.1) is 12.6 Å². The molecular weight excluding hydrogens is 278 g/mol. The van der Waals surface area contributed by atoms with Gasteiger partial charge in [0, 0.05) is 29.7 Å². The van der Waals surface area contributed by atoms with Gasteiger partial charge in [0.15, 0.2) is 5.82 Å². The van der Waals surface area contributed by atoms with E-state index in [0.29, 0.717) is 17.9 Å². The summed E-state index contributed by atoms with van der Waals surface area (Å²) in [6, 6.07) is 0.290. The standard InChI is InChI=1S/C16H17N5O/c1-10-12-8-14(22)21(11-4-2-3-5-11)16(12)20-15(19-10)13-9-17-6-7-18-13/h6-7,9,11H,2-5,8H2,1H3. The van der Waals surface area contributed by atoms with E-state index < -0.39 is 0 Å². The maximum absolute atomic E-state index is 12.4. The average molecular weight is 295 g/mol. The molecule has 2 aliphatic rings. The molecule has 0 atom stereocenters. The second kappa shape index (κ2) is 5.12. The maximum atomic E-state index is 12.4. The number of fused-ring (bicyclic) bond motifs is 1. The van der Waals surface area contributed by atoms with Gasteiger partial charge in [0.2, 0.25) is 5.91 Å². The predicted molar refractivity (Wildman–Crippen MR) is 81.2 cm³/mol. The van der Waals surface area contributed by atoms with Crippen molar-refractivity contribution < 1.29 is 4.79 Å². The lowest BCUT2D eigenvalue weighted by atomic mass is 10.2. The first-order chi connectivity index (χ1) is 10.7. The Balaban J connectivity index is 1.81. The minimum atomic E-state index is 0.149.